The Hall–Kier alpha value is -1.79. The molecule has 2 amide bonds. The lowest BCUT2D eigenvalue weighted by atomic mass is 10.1. The Morgan fingerprint density at radius 1 is 1.38 bits per heavy atom. The minimum absolute atomic E-state index is 0.299. The largest absolute Gasteiger partial charge is 0.480 e. The molecule has 6 nitrogen and oxygen atoms in total. The van der Waals surface area contributed by atoms with E-state index in [2.05, 4.69) is 5.32 Å². The number of hydrogen-bond acceptors (Lipinski definition) is 3. The van der Waals surface area contributed by atoms with Gasteiger partial charge < -0.3 is 15.3 Å². The number of halogens is 2. The summed E-state index contributed by atoms with van der Waals surface area (Å²) in [5.41, 5.74) is 0.447. The van der Waals surface area contributed by atoms with E-state index >= 15 is 0 Å². The Morgan fingerprint density at radius 2 is 2.10 bits per heavy atom. The molecule has 0 aromatic heterocycles. The second-order valence-electron chi connectivity index (χ2n) is 4.54. The third-order valence-corrected chi connectivity index (χ3v) is 3.69. The number of carbonyl (C=O) groups is 3. The first kappa shape index (κ1) is 15.6. The number of carboxylic acid groups (broad SMARTS) is 1. The first-order valence-electron chi connectivity index (χ1n) is 6.16. The summed E-state index contributed by atoms with van der Waals surface area (Å²) in [5, 5.41) is 11.5. The standard InChI is InChI=1S/C13H12Cl2N2O4/c14-7-1-2-9(15)10(5-7)17-4-3-8(13(17)21)12(20)16-6-11(18)19/h1-2,5,8H,3-4,6H2,(H,16,20)(H,18,19)/t8-/m1/s1. The van der Waals surface area contributed by atoms with Crippen molar-refractivity contribution < 1.29 is 19.5 Å². The van der Waals surface area contributed by atoms with Crippen molar-refractivity contribution >= 4 is 46.7 Å². The van der Waals surface area contributed by atoms with E-state index in [1.807, 2.05) is 0 Å². The first-order valence-corrected chi connectivity index (χ1v) is 6.91. The number of anilines is 1. The van der Waals surface area contributed by atoms with Crippen LogP contribution in [0.15, 0.2) is 18.2 Å². The number of rotatable bonds is 4. The number of carboxylic acids is 1. The van der Waals surface area contributed by atoms with Crippen molar-refractivity contribution in [2.75, 3.05) is 18.0 Å². The van der Waals surface area contributed by atoms with Crippen molar-refractivity contribution in [3.8, 4) is 0 Å². The van der Waals surface area contributed by atoms with Crippen LogP contribution in [0.3, 0.4) is 0 Å². The van der Waals surface area contributed by atoms with Crippen LogP contribution in [0.25, 0.3) is 0 Å². The van der Waals surface area contributed by atoms with Crippen LogP contribution < -0.4 is 10.2 Å². The molecule has 1 fully saturated rings. The number of nitrogens with zero attached hydrogens (tertiary/aromatic N) is 1. The predicted octanol–water partition coefficient (Wildman–Crippen LogP) is 1.55. The quantitative estimate of drug-likeness (QED) is 0.820. The summed E-state index contributed by atoms with van der Waals surface area (Å²) in [4.78, 5) is 35.9. The van der Waals surface area contributed by atoms with Gasteiger partial charge >= 0.3 is 5.97 Å². The monoisotopic (exact) mass is 330 g/mol. The van der Waals surface area contributed by atoms with Crippen molar-refractivity contribution in [2.24, 2.45) is 5.92 Å². The maximum atomic E-state index is 12.3. The number of carbonyl (C=O) groups excluding carboxylic acids is 2. The fourth-order valence-corrected chi connectivity index (χ4v) is 2.53. The number of hydrogen-bond donors (Lipinski definition) is 2. The maximum absolute atomic E-state index is 12.3. The van der Waals surface area contributed by atoms with Crippen molar-refractivity contribution in [3.63, 3.8) is 0 Å². The van der Waals surface area contributed by atoms with E-state index in [-0.39, 0.29) is 0 Å². The summed E-state index contributed by atoms with van der Waals surface area (Å²) in [6.45, 7) is -0.190. The average Bonchev–Trinajstić information content (AvgIpc) is 2.80. The normalized spacial score (nSPS) is 17.9. The molecule has 0 aliphatic carbocycles. The predicted molar refractivity (Wildman–Crippen MR) is 77.6 cm³/mol. The van der Waals surface area contributed by atoms with E-state index in [0.29, 0.717) is 28.7 Å². The summed E-state index contributed by atoms with van der Waals surface area (Å²) < 4.78 is 0. The molecule has 1 saturated heterocycles. The Morgan fingerprint density at radius 3 is 2.76 bits per heavy atom. The van der Waals surface area contributed by atoms with Crippen molar-refractivity contribution in [1.29, 1.82) is 0 Å². The van der Waals surface area contributed by atoms with Gasteiger partial charge in [-0.3, -0.25) is 14.4 Å². The van der Waals surface area contributed by atoms with Gasteiger partial charge in [0, 0.05) is 11.6 Å². The Balaban J connectivity index is 2.12. The van der Waals surface area contributed by atoms with Gasteiger partial charge in [-0.05, 0) is 24.6 Å². The smallest absolute Gasteiger partial charge is 0.322 e. The highest BCUT2D eigenvalue weighted by atomic mass is 35.5. The number of benzene rings is 1. The molecule has 1 aromatic rings. The van der Waals surface area contributed by atoms with Crippen LogP contribution in [0.2, 0.25) is 10.0 Å². The zero-order valence-electron chi connectivity index (χ0n) is 10.8. The van der Waals surface area contributed by atoms with E-state index < -0.39 is 30.2 Å². The summed E-state index contributed by atoms with van der Waals surface area (Å²) in [6, 6.07) is 4.73. The highest BCUT2D eigenvalue weighted by Crippen LogP contribution is 2.33. The van der Waals surface area contributed by atoms with Crippen LogP contribution in [0, 0.1) is 5.92 Å². The van der Waals surface area contributed by atoms with E-state index in [9.17, 15) is 14.4 Å². The molecule has 1 aliphatic rings. The number of amides is 2. The van der Waals surface area contributed by atoms with E-state index in [0.717, 1.165) is 0 Å². The topological polar surface area (TPSA) is 86.7 Å². The van der Waals surface area contributed by atoms with Gasteiger partial charge in [0.2, 0.25) is 11.8 Å². The Labute approximate surface area is 130 Å². The first-order chi connectivity index (χ1) is 9.90. The van der Waals surface area contributed by atoms with E-state index in [1.54, 1.807) is 18.2 Å². The highest BCUT2D eigenvalue weighted by molar-refractivity contribution is 6.36. The zero-order valence-corrected chi connectivity index (χ0v) is 12.3. The molecule has 0 radical (unpaired) electrons. The molecule has 1 aromatic carbocycles. The SMILES string of the molecule is O=C(O)CNC(=O)[C@H]1CCN(c2cc(Cl)ccc2Cl)C1=O. The molecular formula is C13H12Cl2N2O4. The third kappa shape index (κ3) is 3.46. The molecule has 8 heteroatoms. The Bertz CT molecular complexity index is 606. The van der Waals surface area contributed by atoms with Gasteiger partial charge in [0.05, 0.1) is 10.7 Å². The van der Waals surface area contributed by atoms with Gasteiger partial charge in [0.1, 0.15) is 12.5 Å². The molecule has 0 saturated carbocycles. The van der Waals surface area contributed by atoms with Gasteiger partial charge in [-0.25, -0.2) is 0 Å². The highest BCUT2D eigenvalue weighted by Gasteiger charge is 2.38. The van der Waals surface area contributed by atoms with Crippen molar-refractivity contribution in [1.82, 2.24) is 5.32 Å². The van der Waals surface area contributed by atoms with Crippen molar-refractivity contribution in [2.45, 2.75) is 6.42 Å². The average molecular weight is 331 g/mol. The molecular weight excluding hydrogens is 319 g/mol. The van der Waals surface area contributed by atoms with E-state index in [1.165, 1.54) is 4.90 Å². The molecule has 2 rings (SSSR count). The fourth-order valence-electron chi connectivity index (χ4n) is 2.14. The number of aliphatic carboxylic acids is 1. The van der Waals surface area contributed by atoms with Crippen LogP contribution in [-0.4, -0.2) is 36.0 Å². The second kappa shape index (κ2) is 6.32. The summed E-state index contributed by atoms with van der Waals surface area (Å²) in [7, 11) is 0. The summed E-state index contributed by atoms with van der Waals surface area (Å²) >= 11 is 11.9. The molecule has 1 atom stereocenters. The van der Waals surface area contributed by atoms with Crippen LogP contribution in [0.5, 0.6) is 0 Å². The maximum Gasteiger partial charge on any atom is 0.322 e. The number of nitrogens with one attached hydrogen (secondary N) is 1. The molecule has 0 bridgehead atoms. The fraction of sp³-hybridized carbons (Fsp3) is 0.308. The van der Waals surface area contributed by atoms with Crippen LogP contribution >= 0.6 is 23.2 Å². The molecule has 112 valence electrons. The summed E-state index contributed by atoms with van der Waals surface area (Å²) in [5.74, 6) is -3.08. The van der Waals surface area contributed by atoms with E-state index in [4.69, 9.17) is 28.3 Å². The van der Waals surface area contributed by atoms with Gasteiger partial charge in [-0.15, -0.1) is 0 Å². The molecule has 1 heterocycles. The lowest BCUT2D eigenvalue weighted by molar-refractivity contribution is -0.140. The molecule has 0 spiro atoms. The van der Waals surface area contributed by atoms with Crippen LogP contribution in [0.1, 0.15) is 6.42 Å². The van der Waals surface area contributed by atoms with Gasteiger partial charge in [0.25, 0.3) is 0 Å². The lowest BCUT2D eigenvalue weighted by Crippen LogP contribution is -2.39. The van der Waals surface area contributed by atoms with Gasteiger partial charge in [0.15, 0.2) is 0 Å². The van der Waals surface area contributed by atoms with Crippen LogP contribution in [-0.2, 0) is 14.4 Å². The summed E-state index contributed by atoms with van der Waals surface area (Å²) in [6.07, 6.45) is 0.299. The zero-order chi connectivity index (χ0) is 15.6. The lowest BCUT2D eigenvalue weighted by Gasteiger charge is -2.18. The molecule has 21 heavy (non-hydrogen) atoms. The van der Waals surface area contributed by atoms with Crippen LogP contribution in [0.4, 0.5) is 5.69 Å². The van der Waals surface area contributed by atoms with Crippen molar-refractivity contribution in [3.05, 3.63) is 28.2 Å². The van der Waals surface area contributed by atoms with Gasteiger partial charge in [-0.2, -0.15) is 0 Å². The van der Waals surface area contributed by atoms with Gasteiger partial charge in [-0.1, -0.05) is 23.2 Å². The minimum Gasteiger partial charge on any atom is -0.480 e. The minimum atomic E-state index is -1.16. The molecule has 1 aliphatic heterocycles. The second-order valence-corrected chi connectivity index (χ2v) is 5.38. The Kier molecular flexibility index (Phi) is 4.69. The third-order valence-electron chi connectivity index (χ3n) is 3.13. The molecule has 2 N–H and O–H groups in total. The molecule has 0 unspecified atom stereocenters.